The van der Waals surface area contributed by atoms with Gasteiger partial charge < -0.3 is 10.7 Å². The number of amides is 1. The van der Waals surface area contributed by atoms with Crippen LogP contribution < -0.4 is 11.3 Å². The first-order valence-corrected chi connectivity index (χ1v) is 6.45. The zero-order valence-corrected chi connectivity index (χ0v) is 11.7. The van der Waals surface area contributed by atoms with Gasteiger partial charge in [0, 0.05) is 23.8 Å². The highest BCUT2D eigenvalue weighted by Gasteiger charge is 2.21. The van der Waals surface area contributed by atoms with Crippen molar-refractivity contribution < 1.29 is 4.79 Å². The smallest absolute Gasteiger partial charge is 0.269 e. The number of hydrogen-bond acceptors (Lipinski definition) is 3. The number of carbonyl (C=O) groups is 1. The summed E-state index contributed by atoms with van der Waals surface area (Å²) >= 11 is 0. The minimum Gasteiger partial charge on any atom is -0.364 e. The number of nitrogens with zero attached hydrogens (tertiary/aromatic N) is 2. The molecule has 0 atom stereocenters. The van der Waals surface area contributed by atoms with E-state index in [1.54, 1.807) is 24.7 Å². The first-order chi connectivity index (χ1) is 9.99. The SMILES string of the molecule is Cc1c(-c2cc3ccccc3[nH]c2=O)c(C(N)=O)nn1C. The number of fused-ring (bicyclic) bond motifs is 1. The predicted molar refractivity (Wildman–Crippen MR) is 80.0 cm³/mol. The van der Waals surface area contributed by atoms with Crippen LogP contribution in [0.25, 0.3) is 22.0 Å². The molecule has 0 aliphatic carbocycles. The van der Waals surface area contributed by atoms with E-state index < -0.39 is 5.91 Å². The molecule has 0 saturated heterocycles. The van der Waals surface area contributed by atoms with E-state index in [9.17, 15) is 9.59 Å². The number of primary amides is 1. The molecule has 6 nitrogen and oxygen atoms in total. The Kier molecular flexibility index (Phi) is 2.86. The minimum atomic E-state index is -0.652. The van der Waals surface area contributed by atoms with Gasteiger partial charge in [0.1, 0.15) is 0 Å². The zero-order chi connectivity index (χ0) is 15.1. The Balaban J connectivity index is 2.38. The van der Waals surface area contributed by atoms with Gasteiger partial charge in [-0.1, -0.05) is 18.2 Å². The summed E-state index contributed by atoms with van der Waals surface area (Å²) in [5.74, 6) is -0.652. The molecule has 0 unspecified atom stereocenters. The van der Waals surface area contributed by atoms with Crippen LogP contribution in [-0.4, -0.2) is 20.7 Å². The molecule has 0 aliphatic rings. The van der Waals surface area contributed by atoms with E-state index in [1.807, 2.05) is 24.3 Å². The number of H-pyrrole nitrogens is 1. The average Bonchev–Trinajstić information content (AvgIpc) is 2.74. The van der Waals surface area contributed by atoms with Crippen molar-refractivity contribution in [1.29, 1.82) is 0 Å². The largest absolute Gasteiger partial charge is 0.364 e. The summed E-state index contributed by atoms with van der Waals surface area (Å²) < 4.78 is 1.55. The van der Waals surface area contributed by atoms with Crippen molar-refractivity contribution in [3.05, 3.63) is 52.1 Å². The number of aromatic amines is 1. The number of rotatable bonds is 2. The Morgan fingerprint density at radius 1 is 1.33 bits per heavy atom. The topological polar surface area (TPSA) is 93.8 Å². The van der Waals surface area contributed by atoms with Crippen LogP contribution in [0, 0.1) is 6.92 Å². The molecule has 2 heterocycles. The second kappa shape index (κ2) is 4.59. The van der Waals surface area contributed by atoms with E-state index in [1.165, 1.54) is 0 Å². The van der Waals surface area contributed by atoms with Gasteiger partial charge in [0.2, 0.25) is 0 Å². The lowest BCUT2D eigenvalue weighted by Crippen LogP contribution is -2.16. The van der Waals surface area contributed by atoms with Gasteiger partial charge in [-0.2, -0.15) is 5.10 Å². The van der Waals surface area contributed by atoms with Crippen LogP contribution in [0.5, 0.6) is 0 Å². The number of nitrogens with two attached hydrogens (primary N) is 1. The van der Waals surface area contributed by atoms with Crippen LogP contribution in [-0.2, 0) is 7.05 Å². The molecule has 3 rings (SSSR count). The fraction of sp³-hybridized carbons (Fsp3) is 0.133. The maximum absolute atomic E-state index is 12.3. The van der Waals surface area contributed by atoms with Crippen molar-refractivity contribution in [1.82, 2.24) is 14.8 Å². The highest BCUT2D eigenvalue weighted by molar-refractivity contribution is 5.99. The molecule has 106 valence electrons. The third-order valence-corrected chi connectivity index (χ3v) is 3.59. The molecule has 6 heteroatoms. The number of aryl methyl sites for hydroxylation is 1. The summed E-state index contributed by atoms with van der Waals surface area (Å²) in [6.07, 6.45) is 0. The number of para-hydroxylation sites is 1. The minimum absolute atomic E-state index is 0.107. The fourth-order valence-corrected chi connectivity index (χ4v) is 2.44. The zero-order valence-electron chi connectivity index (χ0n) is 11.7. The summed E-state index contributed by atoms with van der Waals surface area (Å²) in [5, 5.41) is 4.98. The monoisotopic (exact) mass is 282 g/mol. The van der Waals surface area contributed by atoms with Crippen LogP contribution in [0.4, 0.5) is 0 Å². The number of benzene rings is 1. The quantitative estimate of drug-likeness (QED) is 0.742. The van der Waals surface area contributed by atoms with Crippen molar-refractivity contribution >= 4 is 16.8 Å². The molecule has 0 bridgehead atoms. The average molecular weight is 282 g/mol. The molecule has 3 N–H and O–H groups in total. The number of nitrogens with one attached hydrogen (secondary N) is 1. The molecule has 0 spiro atoms. The summed E-state index contributed by atoms with van der Waals surface area (Å²) in [7, 11) is 1.71. The van der Waals surface area contributed by atoms with Crippen molar-refractivity contribution in [2.24, 2.45) is 12.8 Å². The highest BCUT2D eigenvalue weighted by Crippen LogP contribution is 2.26. The lowest BCUT2D eigenvalue weighted by atomic mass is 10.0. The number of pyridine rings is 1. The molecule has 2 aromatic heterocycles. The Labute approximate surface area is 120 Å². The van der Waals surface area contributed by atoms with Crippen molar-refractivity contribution in [2.75, 3.05) is 0 Å². The van der Waals surface area contributed by atoms with E-state index >= 15 is 0 Å². The van der Waals surface area contributed by atoms with Crippen molar-refractivity contribution in [3.8, 4) is 11.1 Å². The molecule has 0 fully saturated rings. The molecule has 0 saturated carbocycles. The first-order valence-electron chi connectivity index (χ1n) is 6.45. The van der Waals surface area contributed by atoms with Gasteiger partial charge in [0.25, 0.3) is 11.5 Å². The van der Waals surface area contributed by atoms with Crippen LogP contribution in [0.1, 0.15) is 16.2 Å². The lowest BCUT2D eigenvalue weighted by molar-refractivity contribution is 0.0995. The van der Waals surface area contributed by atoms with Crippen LogP contribution in [0.3, 0.4) is 0 Å². The molecule has 1 aromatic carbocycles. The van der Waals surface area contributed by atoms with Crippen molar-refractivity contribution in [2.45, 2.75) is 6.92 Å². The van der Waals surface area contributed by atoms with Gasteiger partial charge in [-0.25, -0.2) is 0 Å². The second-order valence-electron chi connectivity index (χ2n) is 4.90. The summed E-state index contributed by atoms with van der Waals surface area (Å²) in [6, 6.07) is 9.21. The standard InChI is InChI=1S/C15H14N4O2/c1-8-12(13(14(16)20)18-19(8)2)10-7-9-5-3-4-6-11(9)17-15(10)21/h3-7H,1-2H3,(H2,16,20)(H,17,21). The van der Waals surface area contributed by atoms with Gasteiger partial charge >= 0.3 is 0 Å². The second-order valence-corrected chi connectivity index (χ2v) is 4.90. The first kappa shape index (κ1) is 13.1. The van der Waals surface area contributed by atoms with Gasteiger partial charge in [-0.3, -0.25) is 14.3 Å². The third kappa shape index (κ3) is 2.01. The summed E-state index contributed by atoms with van der Waals surface area (Å²) in [6.45, 7) is 1.80. The van der Waals surface area contributed by atoms with Crippen molar-refractivity contribution in [3.63, 3.8) is 0 Å². The Bertz CT molecular complexity index is 921. The molecule has 3 aromatic rings. The van der Waals surface area contributed by atoms with Crippen LogP contribution in [0.2, 0.25) is 0 Å². The molecule has 21 heavy (non-hydrogen) atoms. The fourth-order valence-electron chi connectivity index (χ4n) is 2.44. The maximum Gasteiger partial charge on any atom is 0.269 e. The van der Waals surface area contributed by atoms with Gasteiger partial charge in [-0.05, 0) is 24.4 Å². The highest BCUT2D eigenvalue weighted by atomic mass is 16.1. The molecular weight excluding hydrogens is 268 g/mol. The summed E-state index contributed by atoms with van der Waals surface area (Å²) in [4.78, 5) is 26.7. The number of carbonyl (C=O) groups excluding carboxylic acids is 1. The predicted octanol–water partition coefficient (Wildman–Crippen LogP) is 1.34. The summed E-state index contributed by atoms with van der Waals surface area (Å²) in [5.41, 5.74) is 7.54. The van der Waals surface area contributed by atoms with E-state index in [2.05, 4.69) is 10.1 Å². The Morgan fingerprint density at radius 2 is 2.05 bits per heavy atom. The molecule has 0 aliphatic heterocycles. The Morgan fingerprint density at radius 3 is 2.76 bits per heavy atom. The number of hydrogen-bond donors (Lipinski definition) is 2. The van der Waals surface area contributed by atoms with E-state index in [0.717, 1.165) is 10.9 Å². The van der Waals surface area contributed by atoms with Gasteiger partial charge in [0.15, 0.2) is 5.69 Å². The van der Waals surface area contributed by atoms with E-state index in [4.69, 9.17) is 5.73 Å². The molecular formula is C15H14N4O2. The van der Waals surface area contributed by atoms with Gasteiger partial charge in [0.05, 0.1) is 5.56 Å². The normalized spacial score (nSPS) is 11.0. The third-order valence-electron chi connectivity index (χ3n) is 3.59. The van der Waals surface area contributed by atoms with Crippen LogP contribution in [0.15, 0.2) is 35.1 Å². The van der Waals surface area contributed by atoms with E-state index in [0.29, 0.717) is 16.8 Å². The lowest BCUT2D eigenvalue weighted by Gasteiger charge is -2.04. The molecule has 0 radical (unpaired) electrons. The van der Waals surface area contributed by atoms with Gasteiger partial charge in [-0.15, -0.1) is 0 Å². The Hall–Kier alpha value is -2.89. The number of aromatic nitrogens is 3. The maximum atomic E-state index is 12.3. The van der Waals surface area contributed by atoms with Crippen LogP contribution >= 0.6 is 0 Å². The molecule has 1 amide bonds. The van der Waals surface area contributed by atoms with E-state index in [-0.39, 0.29) is 11.3 Å².